The molecule has 23 heavy (non-hydrogen) atoms. The largest absolute Gasteiger partial charge is 0.413 e. The maximum absolute atomic E-state index is 10.1. The SMILES string of the molecule is C=CC[C@H]1O[C@H]([C@H](O)CO)C[C@@H](O[Si](CC)(CC)CC)C1(C)C. The predicted octanol–water partition coefficient (Wildman–Crippen LogP) is 3.49. The summed E-state index contributed by atoms with van der Waals surface area (Å²) in [5.74, 6) is 0. The molecule has 0 aromatic heterocycles. The number of hydrogen-bond acceptors (Lipinski definition) is 4. The van der Waals surface area contributed by atoms with Gasteiger partial charge in [-0.15, -0.1) is 6.58 Å². The molecular formula is C18H36O4Si. The minimum Gasteiger partial charge on any atom is -0.413 e. The van der Waals surface area contributed by atoms with E-state index in [0.29, 0.717) is 6.42 Å². The van der Waals surface area contributed by atoms with Crippen LogP contribution in [0.25, 0.3) is 0 Å². The number of aliphatic hydroxyl groups is 2. The monoisotopic (exact) mass is 344 g/mol. The van der Waals surface area contributed by atoms with Gasteiger partial charge in [-0.2, -0.15) is 0 Å². The maximum atomic E-state index is 10.1. The molecule has 1 fully saturated rings. The molecule has 1 heterocycles. The molecule has 0 bridgehead atoms. The van der Waals surface area contributed by atoms with Crippen LogP contribution in [0.5, 0.6) is 0 Å². The number of ether oxygens (including phenoxy) is 1. The van der Waals surface area contributed by atoms with E-state index in [4.69, 9.17) is 9.16 Å². The zero-order chi connectivity index (χ0) is 17.7. The Balaban J connectivity index is 3.05. The van der Waals surface area contributed by atoms with E-state index in [-0.39, 0.29) is 30.3 Å². The summed E-state index contributed by atoms with van der Waals surface area (Å²) >= 11 is 0. The lowest BCUT2D eigenvalue weighted by atomic mass is 9.74. The summed E-state index contributed by atoms with van der Waals surface area (Å²) in [6, 6.07) is 3.31. The first-order valence-electron chi connectivity index (χ1n) is 9.03. The fourth-order valence-corrected chi connectivity index (χ4v) is 6.55. The lowest BCUT2D eigenvalue weighted by Crippen LogP contribution is -2.57. The van der Waals surface area contributed by atoms with Crippen molar-refractivity contribution in [1.82, 2.24) is 0 Å². The fraction of sp³-hybridized carbons (Fsp3) is 0.889. The summed E-state index contributed by atoms with van der Waals surface area (Å²) in [6.45, 7) is 14.6. The Morgan fingerprint density at radius 3 is 2.30 bits per heavy atom. The normalized spacial score (nSPS) is 29.3. The highest BCUT2D eigenvalue weighted by atomic mass is 28.4. The molecule has 1 aliphatic rings. The van der Waals surface area contributed by atoms with Crippen molar-refractivity contribution in [1.29, 1.82) is 0 Å². The van der Waals surface area contributed by atoms with Gasteiger partial charge in [0.25, 0.3) is 0 Å². The van der Waals surface area contributed by atoms with Crippen molar-refractivity contribution in [3.63, 3.8) is 0 Å². The highest BCUT2D eigenvalue weighted by Crippen LogP contribution is 2.43. The third-order valence-corrected chi connectivity index (χ3v) is 10.4. The Morgan fingerprint density at radius 1 is 1.30 bits per heavy atom. The van der Waals surface area contributed by atoms with Crippen LogP contribution < -0.4 is 0 Å². The summed E-state index contributed by atoms with van der Waals surface area (Å²) in [5, 5.41) is 19.4. The second kappa shape index (κ2) is 8.76. The molecule has 0 saturated carbocycles. The lowest BCUT2D eigenvalue weighted by Gasteiger charge is -2.51. The van der Waals surface area contributed by atoms with Crippen LogP contribution in [0, 0.1) is 5.41 Å². The molecule has 1 rings (SSSR count). The Kier molecular flexibility index (Phi) is 7.94. The molecule has 4 nitrogen and oxygen atoms in total. The van der Waals surface area contributed by atoms with Gasteiger partial charge in [0.2, 0.25) is 0 Å². The van der Waals surface area contributed by atoms with Gasteiger partial charge in [-0.1, -0.05) is 40.7 Å². The molecule has 136 valence electrons. The molecule has 0 radical (unpaired) electrons. The summed E-state index contributed by atoms with van der Waals surface area (Å²) in [6.07, 6.45) is 1.98. The van der Waals surface area contributed by atoms with Crippen LogP contribution in [0.2, 0.25) is 18.1 Å². The fourth-order valence-electron chi connectivity index (χ4n) is 3.54. The van der Waals surface area contributed by atoms with E-state index in [9.17, 15) is 10.2 Å². The second-order valence-electron chi connectivity index (χ2n) is 7.34. The van der Waals surface area contributed by atoms with E-state index in [1.165, 1.54) is 0 Å². The van der Waals surface area contributed by atoms with E-state index < -0.39 is 14.4 Å². The van der Waals surface area contributed by atoms with Gasteiger partial charge in [0.15, 0.2) is 8.32 Å². The molecule has 0 unspecified atom stereocenters. The first-order chi connectivity index (χ1) is 10.8. The number of aliphatic hydroxyl groups excluding tert-OH is 2. The zero-order valence-corrected chi connectivity index (χ0v) is 16.5. The molecule has 1 saturated heterocycles. The van der Waals surface area contributed by atoms with E-state index in [1.54, 1.807) is 0 Å². The van der Waals surface area contributed by atoms with Crippen LogP contribution in [0.1, 0.15) is 47.5 Å². The van der Waals surface area contributed by atoms with Crippen LogP contribution >= 0.6 is 0 Å². The van der Waals surface area contributed by atoms with Gasteiger partial charge in [0, 0.05) is 11.8 Å². The zero-order valence-electron chi connectivity index (χ0n) is 15.5. The topological polar surface area (TPSA) is 58.9 Å². The molecule has 0 aromatic carbocycles. The minimum absolute atomic E-state index is 0.0407. The quantitative estimate of drug-likeness (QED) is 0.496. The van der Waals surface area contributed by atoms with Gasteiger partial charge >= 0.3 is 0 Å². The highest BCUT2D eigenvalue weighted by Gasteiger charge is 2.48. The van der Waals surface area contributed by atoms with Gasteiger partial charge in [-0.3, -0.25) is 0 Å². The summed E-state index contributed by atoms with van der Waals surface area (Å²) in [4.78, 5) is 0. The average molecular weight is 345 g/mol. The maximum Gasteiger partial charge on any atom is 0.192 e. The first-order valence-corrected chi connectivity index (χ1v) is 11.6. The van der Waals surface area contributed by atoms with Crippen LogP contribution in [0.4, 0.5) is 0 Å². The molecule has 0 aromatic rings. The molecular weight excluding hydrogens is 308 g/mol. The molecule has 1 aliphatic heterocycles. The van der Waals surface area contributed by atoms with Crippen molar-refractivity contribution < 1.29 is 19.4 Å². The van der Waals surface area contributed by atoms with Crippen molar-refractivity contribution in [2.75, 3.05) is 6.61 Å². The first kappa shape index (κ1) is 20.8. The Bertz CT molecular complexity index is 360. The average Bonchev–Trinajstić information content (AvgIpc) is 2.55. The van der Waals surface area contributed by atoms with Gasteiger partial charge in [0.05, 0.1) is 24.9 Å². The number of hydrogen-bond donors (Lipinski definition) is 2. The molecule has 0 spiro atoms. The molecule has 4 atom stereocenters. The van der Waals surface area contributed by atoms with Crippen LogP contribution in [0.15, 0.2) is 12.7 Å². The second-order valence-corrected chi connectivity index (χ2v) is 12.1. The lowest BCUT2D eigenvalue weighted by molar-refractivity contribution is -0.197. The summed E-state index contributed by atoms with van der Waals surface area (Å²) < 4.78 is 12.9. The highest BCUT2D eigenvalue weighted by molar-refractivity contribution is 6.73. The Hall–Kier alpha value is -0.203. The van der Waals surface area contributed by atoms with Crippen LogP contribution in [-0.2, 0) is 9.16 Å². The van der Waals surface area contributed by atoms with Crippen molar-refractivity contribution in [2.45, 2.75) is 90.0 Å². The van der Waals surface area contributed by atoms with Crippen molar-refractivity contribution >= 4 is 8.32 Å². The van der Waals surface area contributed by atoms with Crippen molar-refractivity contribution in [2.24, 2.45) is 5.41 Å². The van der Waals surface area contributed by atoms with Gasteiger partial charge in [0.1, 0.15) is 6.10 Å². The van der Waals surface area contributed by atoms with Crippen molar-refractivity contribution in [3.05, 3.63) is 12.7 Å². The minimum atomic E-state index is -1.75. The molecule has 0 amide bonds. The van der Waals surface area contributed by atoms with Gasteiger partial charge < -0.3 is 19.4 Å². The van der Waals surface area contributed by atoms with Crippen LogP contribution in [0.3, 0.4) is 0 Å². The van der Waals surface area contributed by atoms with Crippen molar-refractivity contribution in [3.8, 4) is 0 Å². The summed E-state index contributed by atoms with van der Waals surface area (Å²) in [5.41, 5.74) is -0.141. The molecule has 5 heteroatoms. The Labute approximate surface area is 143 Å². The third kappa shape index (κ3) is 4.66. The number of rotatable bonds is 9. The molecule has 0 aliphatic carbocycles. The van der Waals surface area contributed by atoms with Crippen LogP contribution in [-0.4, -0.2) is 49.6 Å². The van der Waals surface area contributed by atoms with Gasteiger partial charge in [-0.05, 0) is 24.6 Å². The predicted molar refractivity (Wildman–Crippen MR) is 97.0 cm³/mol. The molecule has 2 N–H and O–H groups in total. The standard InChI is InChI=1S/C18H36O4Si/c1-7-11-16-18(5,6)17(12-15(21-16)14(20)13-19)22-23(8-2,9-3)10-4/h7,14-17,19-20H,1,8-13H2,2-6H3/t14-,15+,16-,17-/m1/s1. The van der Waals surface area contributed by atoms with E-state index in [1.807, 2.05) is 6.08 Å². The van der Waals surface area contributed by atoms with E-state index in [0.717, 1.165) is 24.6 Å². The van der Waals surface area contributed by atoms with E-state index >= 15 is 0 Å². The summed E-state index contributed by atoms with van der Waals surface area (Å²) in [7, 11) is -1.75. The van der Waals surface area contributed by atoms with Gasteiger partial charge in [-0.25, -0.2) is 0 Å². The Morgan fingerprint density at radius 2 is 1.87 bits per heavy atom. The smallest absolute Gasteiger partial charge is 0.192 e. The van der Waals surface area contributed by atoms with E-state index in [2.05, 4.69) is 41.2 Å². The third-order valence-electron chi connectivity index (χ3n) is 5.77.